The second-order valence-corrected chi connectivity index (χ2v) is 3.83. The number of hydrogen-bond acceptors (Lipinski definition) is 3. The van der Waals surface area contributed by atoms with Crippen LogP contribution in [0.4, 0.5) is 11.4 Å². The molecular weight excluding hydrogens is 204 g/mol. The highest BCUT2D eigenvalue weighted by atomic mass is 16.5. The summed E-state index contributed by atoms with van der Waals surface area (Å²) < 4.78 is 5.17. The number of benzene rings is 1. The number of carbonyl (C=O) groups excluding carboxylic acids is 1. The molecule has 0 unspecified atom stereocenters. The maximum Gasteiger partial charge on any atom is 0.223 e. The summed E-state index contributed by atoms with van der Waals surface area (Å²) in [6.07, 6.45) is 0.955. The van der Waals surface area contributed by atoms with E-state index in [0.29, 0.717) is 0 Å². The molecule has 0 atom stereocenters. The number of fused-ring (bicyclic) bond motifs is 1. The number of carbonyl (C=O) groups is 1. The zero-order valence-electron chi connectivity index (χ0n) is 9.62. The lowest BCUT2D eigenvalue weighted by molar-refractivity contribution is -0.116. The van der Waals surface area contributed by atoms with Gasteiger partial charge in [0.1, 0.15) is 5.75 Å². The predicted octanol–water partition coefficient (Wildman–Crippen LogP) is 1.86. The summed E-state index contributed by atoms with van der Waals surface area (Å²) in [5.41, 5.74) is 1.90. The van der Waals surface area contributed by atoms with Gasteiger partial charge in [-0.2, -0.15) is 0 Å². The summed E-state index contributed by atoms with van der Waals surface area (Å²) in [6.45, 7) is 3.24. The summed E-state index contributed by atoms with van der Waals surface area (Å²) >= 11 is 0. The molecule has 0 radical (unpaired) electrons. The SMILES string of the molecule is COc1ccc2c(c1)NCCCN2C(C)=O. The molecule has 86 valence electrons. The van der Waals surface area contributed by atoms with E-state index in [1.165, 1.54) is 0 Å². The molecule has 0 spiro atoms. The lowest BCUT2D eigenvalue weighted by Crippen LogP contribution is -2.28. The van der Waals surface area contributed by atoms with Crippen LogP contribution < -0.4 is 15.0 Å². The summed E-state index contributed by atoms with van der Waals surface area (Å²) in [7, 11) is 1.64. The Balaban J connectivity index is 2.42. The van der Waals surface area contributed by atoms with Gasteiger partial charge in [0.2, 0.25) is 5.91 Å². The molecule has 1 N–H and O–H groups in total. The van der Waals surface area contributed by atoms with E-state index < -0.39 is 0 Å². The summed E-state index contributed by atoms with van der Waals surface area (Å²) in [5, 5.41) is 3.31. The van der Waals surface area contributed by atoms with Crippen LogP contribution in [0.2, 0.25) is 0 Å². The topological polar surface area (TPSA) is 41.6 Å². The van der Waals surface area contributed by atoms with Crippen molar-refractivity contribution in [2.45, 2.75) is 13.3 Å². The predicted molar refractivity (Wildman–Crippen MR) is 64.1 cm³/mol. The number of rotatable bonds is 1. The van der Waals surface area contributed by atoms with Gasteiger partial charge >= 0.3 is 0 Å². The molecule has 0 fully saturated rings. The first kappa shape index (κ1) is 10.8. The number of hydrogen-bond donors (Lipinski definition) is 1. The minimum absolute atomic E-state index is 0.0788. The van der Waals surface area contributed by atoms with E-state index in [4.69, 9.17) is 4.74 Å². The summed E-state index contributed by atoms with van der Waals surface area (Å²) in [5.74, 6) is 0.881. The number of methoxy groups -OCH3 is 1. The Kier molecular flexibility index (Phi) is 2.99. The van der Waals surface area contributed by atoms with Crippen molar-refractivity contribution in [2.24, 2.45) is 0 Å². The van der Waals surface area contributed by atoms with Gasteiger partial charge in [0.05, 0.1) is 18.5 Å². The standard InChI is InChI=1S/C12H16N2O2/c1-9(15)14-7-3-6-13-11-8-10(16-2)4-5-12(11)14/h4-5,8,13H,3,6-7H2,1-2H3. The van der Waals surface area contributed by atoms with Crippen molar-refractivity contribution in [3.8, 4) is 5.75 Å². The first-order chi connectivity index (χ1) is 7.72. The number of anilines is 2. The van der Waals surface area contributed by atoms with Gasteiger partial charge in [-0.15, -0.1) is 0 Å². The number of nitrogens with zero attached hydrogens (tertiary/aromatic N) is 1. The highest BCUT2D eigenvalue weighted by molar-refractivity contribution is 5.95. The Hall–Kier alpha value is -1.71. The fourth-order valence-electron chi connectivity index (χ4n) is 1.93. The lowest BCUT2D eigenvalue weighted by Gasteiger charge is -2.20. The van der Waals surface area contributed by atoms with Crippen LogP contribution in [0.1, 0.15) is 13.3 Å². The van der Waals surface area contributed by atoms with Crippen molar-refractivity contribution in [2.75, 3.05) is 30.4 Å². The molecule has 1 aromatic carbocycles. The molecule has 4 nitrogen and oxygen atoms in total. The number of nitrogens with one attached hydrogen (secondary N) is 1. The van der Waals surface area contributed by atoms with Gasteiger partial charge in [-0.3, -0.25) is 4.79 Å². The zero-order chi connectivity index (χ0) is 11.5. The molecule has 1 aromatic rings. The van der Waals surface area contributed by atoms with E-state index in [1.807, 2.05) is 18.2 Å². The van der Waals surface area contributed by atoms with Gasteiger partial charge in [-0.05, 0) is 18.6 Å². The van der Waals surface area contributed by atoms with Crippen LogP contribution in [0, 0.1) is 0 Å². The third-order valence-corrected chi connectivity index (χ3v) is 2.75. The molecule has 0 saturated carbocycles. The molecule has 0 saturated heterocycles. The summed E-state index contributed by atoms with van der Waals surface area (Å²) in [6, 6.07) is 5.73. The monoisotopic (exact) mass is 220 g/mol. The fraction of sp³-hybridized carbons (Fsp3) is 0.417. The highest BCUT2D eigenvalue weighted by Gasteiger charge is 2.18. The normalized spacial score (nSPS) is 14.8. The van der Waals surface area contributed by atoms with Crippen LogP contribution >= 0.6 is 0 Å². The Labute approximate surface area is 95.2 Å². The maximum absolute atomic E-state index is 11.5. The van der Waals surface area contributed by atoms with Gasteiger partial charge in [-0.1, -0.05) is 0 Å². The van der Waals surface area contributed by atoms with Crippen LogP contribution in [-0.2, 0) is 4.79 Å². The number of ether oxygens (including phenoxy) is 1. The van der Waals surface area contributed by atoms with Gasteiger partial charge in [0.15, 0.2) is 0 Å². The average molecular weight is 220 g/mol. The molecule has 16 heavy (non-hydrogen) atoms. The third-order valence-electron chi connectivity index (χ3n) is 2.75. The van der Waals surface area contributed by atoms with E-state index in [9.17, 15) is 4.79 Å². The van der Waals surface area contributed by atoms with Crippen molar-refractivity contribution in [1.82, 2.24) is 0 Å². The van der Waals surface area contributed by atoms with Crippen LogP contribution in [0.3, 0.4) is 0 Å². The molecule has 1 aliphatic rings. The van der Waals surface area contributed by atoms with E-state index >= 15 is 0 Å². The van der Waals surface area contributed by atoms with Crippen LogP contribution in [0.5, 0.6) is 5.75 Å². The Morgan fingerprint density at radius 3 is 3.00 bits per heavy atom. The van der Waals surface area contributed by atoms with E-state index in [1.54, 1.807) is 18.9 Å². The largest absolute Gasteiger partial charge is 0.497 e. The second kappa shape index (κ2) is 4.43. The van der Waals surface area contributed by atoms with Crippen LogP contribution in [-0.4, -0.2) is 26.1 Å². The van der Waals surface area contributed by atoms with Crippen molar-refractivity contribution >= 4 is 17.3 Å². The molecule has 1 amide bonds. The van der Waals surface area contributed by atoms with Gasteiger partial charge in [0.25, 0.3) is 0 Å². The number of amides is 1. The molecule has 4 heteroatoms. The van der Waals surface area contributed by atoms with E-state index in [-0.39, 0.29) is 5.91 Å². The minimum Gasteiger partial charge on any atom is -0.497 e. The van der Waals surface area contributed by atoms with Gasteiger partial charge < -0.3 is 15.0 Å². The van der Waals surface area contributed by atoms with Gasteiger partial charge in [0, 0.05) is 26.1 Å². The van der Waals surface area contributed by atoms with Crippen LogP contribution in [0.25, 0.3) is 0 Å². The van der Waals surface area contributed by atoms with E-state index in [2.05, 4.69) is 5.32 Å². The van der Waals surface area contributed by atoms with Crippen molar-refractivity contribution in [1.29, 1.82) is 0 Å². The van der Waals surface area contributed by atoms with Gasteiger partial charge in [-0.25, -0.2) is 0 Å². The molecule has 1 aliphatic heterocycles. The Morgan fingerprint density at radius 2 is 2.31 bits per heavy atom. The molecule has 0 bridgehead atoms. The quantitative estimate of drug-likeness (QED) is 0.785. The minimum atomic E-state index is 0.0788. The van der Waals surface area contributed by atoms with Crippen molar-refractivity contribution in [3.05, 3.63) is 18.2 Å². The maximum atomic E-state index is 11.5. The second-order valence-electron chi connectivity index (χ2n) is 3.83. The fourth-order valence-corrected chi connectivity index (χ4v) is 1.93. The highest BCUT2D eigenvalue weighted by Crippen LogP contribution is 2.32. The third kappa shape index (κ3) is 1.96. The molecule has 0 aliphatic carbocycles. The zero-order valence-corrected chi connectivity index (χ0v) is 9.62. The molecule has 2 rings (SSSR count). The summed E-state index contributed by atoms with van der Waals surface area (Å²) in [4.78, 5) is 13.3. The Morgan fingerprint density at radius 1 is 1.50 bits per heavy atom. The first-order valence-electron chi connectivity index (χ1n) is 5.42. The first-order valence-corrected chi connectivity index (χ1v) is 5.42. The lowest BCUT2D eigenvalue weighted by atomic mass is 10.2. The smallest absolute Gasteiger partial charge is 0.223 e. The van der Waals surface area contributed by atoms with Crippen molar-refractivity contribution < 1.29 is 9.53 Å². The molecular formula is C12H16N2O2. The van der Waals surface area contributed by atoms with Crippen LogP contribution in [0.15, 0.2) is 18.2 Å². The Bertz CT molecular complexity index is 404. The average Bonchev–Trinajstić information content (AvgIpc) is 2.49. The molecule has 1 heterocycles. The van der Waals surface area contributed by atoms with Crippen molar-refractivity contribution in [3.63, 3.8) is 0 Å². The molecule has 0 aromatic heterocycles. The van der Waals surface area contributed by atoms with E-state index in [0.717, 1.165) is 36.6 Å².